The SMILES string of the molecule is CO[C@H]1[C@@H]([C@@]2(C)O[C@@H]2CC=C(C)C)[C@]2(CC[C@H]1OC(=O)/C=C/C=C/C=C/C=C/C(=O)O)CO2. The maximum absolute atomic E-state index is 12.4. The Hall–Kier alpha value is -2.48. The molecule has 2 heterocycles. The van der Waals surface area contributed by atoms with Crippen LogP contribution in [0.1, 0.15) is 40.0 Å². The van der Waals surface area contributed by atoms with Gasteiger partial charge in [-0.1, -0.05) is 48.1 Å². The second-order valence-electron chi connectivity index (χ2n) is 9.18. The number of esters is 1. The van der Waals surface area contributed by atoms with Gasteiger partial charge in [-0.05, 0) is 40.0 Å². The van der Waals surface area contributed by atoms with Crippen LogP contribution in [0.15, 0.2) is 60.3 Å². The van der Waals surface area contributed by atoms with Gasteiger partial charge in [-0.2, -0.15) is 0 Å². The lowest BCUT2D eigenvalue weighted by molar-refractivity contribution is -0.166. The van der Waals surface area contributed by atoms with Crippen molar-refractivity contribution in [2.75, 3.05) is 13.7 Å². The fraction of sp³-hybridized carbons (Fsp3) is 0.538. The van der Waals surface area contributed by atoms with Gasteiger partial charge in [0.15, 0.2) is 0 Å². The molecule has 2 saturated heterocycles. The van der Waals surface area contributed by atoms with Gasteiger partial charge in [0.1, 0.15) is 23.4 Å². The van der Waals surface area contributed by atoms with Crippen LogP contribution in [0.2, 0.25) is 0 Å². The summed E-state index contributed by atoms with van der Waals surface area (Å²) in [5.74, 6) is -1.45. The van der Waals surface area contributed by atoms with E-state index in [0.717, 1.165) is 18.9 Å². The maximum Gasteiger partial charge on any atom is 0.331 e. The maximum atomic E-state index is 12.4. The van der Waals surface area contributed by atoms with Crippen LogP contribution >= 0.6 is 0 Å². The predicted octanol–water partition coefficient (Wildman–Crippen LogP) is 3.92. The van der Waals surface area contributed by atoms with Crippen LogP contribution in [0.4, 0.5) is 0 Å². The highest BCUT2D eigenvalue weighted by atomic mass is 16.6. The zero-order chi connectivity index (χ0) is 24.1. The van der Waals surface area contributed by atoms with E-state index in [0.29, 0.717) is 13.0 Å². The molecule has 0 amide bonds. The molecule has 3 rings (SSSR count). The molecule has 1 N–H and O–H groups in total. The number of rotatable bonds is 10. The number of methoxy groups -OCH3 is 1. The molecule has 0 radical (unpaired) electrons. The van der Waals surface area contributed by atoms with Gasteiger partial charge in [-0.25, -0.2) is 9.59 Å². The minimum absolute atomic E-state index is 0.00928. The van der Waals surface area contributed by atoms with Crippen molar-refractivity contribution in [1.29, 1.82) is 0 Å². The normalized spacial score (nSPS) is 35.6. The summed E-state index contributed by atoms with van der Waals surface area (Å²) in [6.07, 6.45) is 16.0. The lowest BCUT2D eigenvalue weighted by Gasteiger charge is -2.42. The van der Waals surface area contributed by atoms with Crippen LogP contribution in [0.3, 0.4) is 0 Å². The van der Waals surface area contributed by atoms with Gasteiger partial charge in [0.25, 0.3) is 0 Å². The third-order valence-corrected chi connectivity index (χ3v) is 6.53. The fourth-order valence-corrected chi connectivity index (χ4v) is 4.79. The molecule has 3 aliphatic rings. The Kier molecular flexibility index (Phi) is 8.10. The fourth-order valence-electron chi connectivity index (χ4n) is 4.79. The second-order valence-corrected chi connectivity index (χ2v) is 9.18. The standard InChI is InChI=1S/C26H34O7/c1-18(2)13-14-20-25(3,33-20)24-23(30-4)19(15-16-26(24)17-31-26)32-22(29)12-10-8-6-5-7-9-11-21(27)28/h5-13,19-20,23-24H,14-17H2,1-4H3,(H,27,28)/b7-5+,8-6+,11-9+,12-10+/t19-,20-,23-,24+,25+,26+/m1/s1. The number of aliphatic carboxylic acids is 1. The van der Waals surface area contributed by atoms with Crippen molar-refractivity contribution in [2.24, 2.45) is 5.92 Å². The van der Waals surface area contributed by atoms with Crippen LogP contribution in [0.25, 0.3) is 0 Å². The van der Waals surface area contributed by atoms with Crippen molar-refractivity contribution in [2.45, 2.75) is 69.5 Å². The monoisotopic (exact) mass is 458 g/mol. The quantitative estimate of drug-likeness (QED) is 0.174. The summed E-state index contributed by atoms with van der Waals surface area (Å²) < 4.78 is 23.8. The van der Waals surface area contributed by atoms with E-state index in [1.165, 1.54) is 17.7 Å². The number of carbonyl (C=O) groups excluding carboxylic acids is 1. The number of ether oxygens (including phenoxy) is 4. The van der Waals surface area contributed by atoms with E-state index in [2.05, 4.69) is 26.8 Å². The third kappa shape index (κ3) is 6.31. The van der Waals surface area contributed by atoms with Crippen LogP contribution in [-0.2, 0) is 28.5 Å². The molecule has 0 aromatic rings. The van der Waals surface area contributed by atoms with Gasteiger partial charge < -0.3 is 24.1 Å². The predicted molar refractivity (Wildman–Crippen MR) is 124 cm³/mol. The molecule has 6 atom stereocenters. The summed E-state index contributed by atoms with van der Waals surface area (Å²) in [7, 11) is 1.65. The summed E-state index contributed by atoms with van der Waals surface area (Å²) in [5, 5.41) is 8.51. The van der Waals surface area contributed by atoms with Gasteiger partial charge >= 0.3 is 11.9 Å². The molecule has 2 aliphatic heterocycles. The van der Waals surface area contributed by atoms with E-state index in [1.54, 1.807) is 37.5 Å². The van der Waals surface area contributed by atoms with Crippen LogP contribution < -0.4 is 0 Å². The van der Waals surface area contributed by atoms with E-state index in [9.17, 15) is 9.59 Å². The van der Waals surface area contributed by atoms with E-state index < -0.39 is 11.9 Å². The smallest absolute Gasteiger partial charge is 0.331 e. The molecule has 33 heavy (non-hydrogen) atoms. The van der Waals surface area contributed by atoms with E-state index in [4.69, 9.17) is 24.1 Å². The highest BCUT2D eigenvalue weighted by Crippen LogP contribution is 2.59. The van der Waals surface area contributed by atoms with Crippen LogP contribution in [0.5, 0.6) is 0 Å². The topological polar surface area (TPSA) is 97.9 Å². The van der Waals surface area contributed by atoms with Crippen molar-refractivity contribution in [3.05, 3.63) is 60.3 Å². The van der Waals surface area contributed by atoms with Crippen molar-refractivity contribution >= 4 is 11.9 Å². The van der Waals surface area contributed by atoms with Crippen molar-refractivity contribution in [1.82, 2.24) is 0 Å². The van der Waals surface area contributed by atoms with Gasteiger partial charge in [0.05, 0.1) is 18.6 Å². The lowest BCUT2D eigenvalue weighted by atomic mass is 9.68. The van der Waals surface area contributed by atoms with E-state index in [1.807, 2.05) is 0 Å². The minimum Gasteiger partial charge on any atom is -0.478 e. The molecule has 0 aromatic heterocycles. The molecule has 3 fully saturated rings. The highest BCUT2D eigenvalue weighted by Gasteiger charge is 2.72. The first-order chi connectivity index (χ1) is 15.7. The van der Waals surface area contributed by atoms with Gasteiger partial charge in [-0.15, -0.1) is 0 Å². The zero-order valence-electron chi connectivity index (χ0n) is 19.7. The number of epoxide rings is 2. The summed E-state index contributed by atoms with van der Waals surface area (Å²) in [6, 6.07) is 0. The number of allylic oxidation sites excluding steroid dienone is 7. The van der Waals surface area contributed by atoms with Crippen molar-refractivity contribution in [3.8, 4) is 0 Å². The molecule has 0 unspecified atom stereocenters. The van der Waals surface area contributed by atoms with Crippen molar-refractivity contribution < 1.29 is 33.6 Å². The Morgan fingerprint density at radius 3 is 2.30 bits per heavy atom. The number of carboxylic acids is 1. The summed E-state index contributed by atoms with van der Waals surface area (Å²) in [6.45, 7) is 6.96. The lowest BCUT2D eigenvalue weighted by Crippen LogP contribution is -2.55. The molecule has 7 heteroatoms. The Balaban J connectivity index is 1.59. The first kappa shape index (κ1) is 25.1. The summed E-state index contributed by atoms with van der Waals surface area (Å²) in [5.41, 5.74) is 0.642. The van der Waals surface area contributed by atoms with Gasteiger partial charge in [0, 0.05) is 19.3 Å². The average Bonchev–Trinajstić information content (AvgIpc) is 3.67. The third-order valence-electron chi connectivity index (χ3n) is 6.53. The second kappa shape index (κ2) is 10.6. The minimum atomic E-state index is -1.00. The average molecular weight is 459 g/mol. The van der Waals surface area contributed by atoms with E-state index >= 15 is 0 Å². The Bertz CT molecular complexity index is 873. The van der Waals surface area contributed by atoms with E-state index in [-0.39, 0.29) is 35.4 Å². The molecular weight excluding hydrogens is 424 g/mol. The summed E-state index contributed by atoms with van der Waals surface area (Å²) >= 11 is 0. The largest absolute Gasteiger partial charge is 0.478 e. The van der Waals surface area contributed by atoms with Crippen molar-refractivity contribution in [3.63, 3.8) is 0 Å². The van der Waals surface area contributed by atoms with Crippen LogP contribution in [-0.4, -0.2) is 60.3 Å². The van der Waals surface area contributed by atoms with Crippen LogP contribution in [0, 0.1) is 5.92 Å². The zero-order valence-corrected chi connectivity index (χ0v) is 19.7. The molecular formula is C26H34O7. The number of hydrogen-bond acceptors (Lipinski definition) is 6. The summed E-state index contributed by atoms with van der Waals surface area (Å²) in [4.78, 5) is 22.8. The first-order valence-electron chi connectivity index (χ1n) is 11.3. The molecule has 180 valence electrons. The molecule has 1 spiro atoms. The number of hydrogen-bond donors (Lipinski definition) is 1. The molecule has 1 aliphatic carbocycles. The number of carbonyl (C=O) groups is 2. The molecule has 1 saturated carbocycles. The molecule has 0 aromatic carbocycles. The molecule has 7 nitrogen and oxygen atoms in total. The Morgan fingerprint density at radius 1 is 1.09 bits per heavy atom. The van der Waals surface area contributed by atoms with Gasteiger partial charge in [-0.3, -0.25) is 0 Å². The number of carboxylic acid groups (broad SMARTS) is 1. The first-order valence-corrected chi connectivity index (χ1v) is 11.3. The Labute approximate surface area is 195 Å². The Morgan fingerprint density at radius 2 is 1.73 bits per heavy atom. The highest BCUT2D eigenvalue weighted by molar-refractivity contribution is 5.82. The molecule has 0 bridgehead atoms. The van der Waals surface area contributed by atoms with Gasteiger partial charge in [0.2, 0.25) is 0 Å².